The molecule has 0 aliphatic carbocycles. The Morgan fingerprint density at radius 2 is 1.92 bits per heavy atom. The molecule has 2 unspecified atom stereocenters. The van der Waals surface area contributed by atoms with E-state index in [0.717, 1.165) is 4.90 Å². The van der Waals surface area contributed by atoms with Crippen molar-refractivity contribution in [3.63, 3.8) is 0 Å². The third-order valence-corrected chi connectivity index (χ3v) is 4.57. The van der Waals surface area contributed by atoms with E-state index >= 15 is 0 Å². The quantitative estimate of drug-likeness (QED) is 0.819. The predicted molar refractivity (Wildman–Crippen MR) is 81.4 cm³/mol. The van der Waals surface area contributed by atoms with Crippen LogP contribution < -0.4 is 5.32 Å². The average Bonchev–Trinajstić information content (AvgIpc) is 2.49. The Hall–Kier alpha value is -1.67. The van der Waals surface area contributed by atoms with Gasteiger partial charge in [0.25, 0.3) is 0 Å². The van der Waals surface area contributed by atoms with Crippen molar-refractivity contribution in [1.29, 1.82) is 0 Å². The van der Waals surface area contributed by atoms with Crippen molar-refractivity contribution in [2.24, 2.45) is 0 Å². The third kappa shape index (κ3) is 4.24. The molecule has 0 bridgehead atoms. The first-order chi connectivity index (χ1) is 11.1. The minimum Gasteiger partial charge on any atom is -0.465 e. The number of alkyl halides is 3. The molecule has 0 radical (unpaired) electrons. The lowest BCUT2D eigenvalue weighted by Gasteiger charge is -2.38. The minimum atomic E-state index is -5.01. The zero-order chi connectivity index (χ0) is 18.1. The van der Waals surface area contributed by atoms with E-state index in [1.165, 1.54) is 12.1 Å². The highest BCUT2D eigenvalue weighted by atomic mass is 35.5. The van der Waals surface area contributed by atoms with Gasteiger partial charge in [-0.3, -0.25) is 4.79 Å². The van der Waals surface area contributed by atoms with E-state index in [-0.39, 0.29) is 29.6 Å². The van der Waals surface area contributed by atoms with Gasteiger partial charge in [-0.05, 0) is 24.1 Å². The normalized spacial score (nSPS) is 21.5. The van der Waals surface area contributed by atoms with E-state index < -0.39 is 30.1 Å². The third-order valence-electron chi connectivity index (χ3n) is 3.83. The molecule has 1 heterocycles. The largest absolute Gasteiger partial charge is 0.471 e. The van der Waals surface area contributed by atoms with Gasteiger partial charge < -0.3 is 15.3 Å². The number of carbonyl (C=O) groups is 2. The molecule has 2 rings (SSSR count). The summed E-state index contributed by atoms with van der Waals surface area (Å²) in [6.45, 7) is -0.0357. The summed E-state index contributed by atoms with van der Waals surface area (Å²) in [5.41, 5.74) is 0.503. The summed E-state index contributed by atoms with van der Waals surface area (Å²) in [6.07, 6.45) is -6.13. The van der Waals surface area contributed by atoms with E-state index in [0.29, 0.717) is 5.56 Å². The van der Waals surface area contributed by atoms with Crippen molar-refractivity contribution >= 4 is 35.2 Å². The summed E-state index contributed by atoms with van der Waals surface area (Å²) in [4.78, 5) is 23.5. The fraction of sp³-hybridized carbons (Fsp3) is 0.429. The maximum absolute atomic E-state index is 12.5. The summed E-state index contributed by atoms with van der Waals surface area (Å²) < 4.78 is 37.5. The number of hydrogen-bond acceptors (Lipinski definition) is 2. The molecule has 1 aliphatic heterocycles. The number of amides is 2. The lowest BCUT2D eigenvalue weighted by atomic mass is 9.86. The Labute approximate surface area is 145 Å². The molecule has 0 saturated carbocycles. The molecule has 1 aromatic rings. The number of halogens is 5. The number of rotatable bonds is 2. The maximum atomic E-state index is 12.5. The second kappa shape index (κ2) is 7.06. The first-order valence-electron chi connectivity index (χ1n) is 6.90. The summed E-state index contributed by atoms with van der Waals surface area (Å²) >= 11 is 11.8. The number of piperidine rings is 1. The molecular formula is C14H13Cl2F3N2O3. The molecule has 132 valence electrons. The lowest BCUT2D eigenvalue weighted by molar-refractivity contribution is -0.174. The van der Waals surface area contributed by atoms with Crippen molar-refractivity contribution in [3.8, 4) is 0 Å². The van der Waals surface area contributed by atoms with Crippen LogP contribution in [0.2, 0.25) is 10.0 Å². The molecule has 5 nitrogen and oxygen atoms in total. The second-order valence-corrected chi connectivity index (χ2v) is 6.19. The number of carbonyl (C=O) groups excluding carboxylic acids is 1. The maximum Gasteiger partial charge on any atom is 0.471 e. The van der Waals surface area contributed by atoms with Gasteiger partial charge in [0.15, 0.2) is 0 Å². The van der Waals surface area contributed by atoms with E-state index in [4.69, 9.17) is 28.3 Å². The van der Waals surface area contributed by atoms with Gasteiger partial charge in [-0.25, -0.2) is 4.79 Å². The van der Waals surface area contributed by atoms with Gasteiger partial charge in [0, 0.05) is 25.0 Å². The van der Waals surface area contributed by atoms with Gasteiger partial charge in [0.05, 0.1) is 10.0 Å². The van der Waals surface area contributed by atoms with Crippen LogP contribution in [0.3, 0.4) is 0 Å². The van der Waals surface area contributed by atoms with Gasteiger partial charge in [-0.2, -0.15) is 13.2 Å². The van der Waals surface area contributed by atoms with E-state index in [1.807, 2.05) is 5.32 Å². The monoisotopic (exact) mass is 384 g/mol. The molecule has 1 fully saturated rings. The first-order valence-corrected chi connectivity index (χ1v) is 7.65. The number of carboxylic acid groups (broad SMARTS) is 1. The van der Waals surface area contributed by atoms with Gasteiger partial charge >= 0.3 is 18.2 Å². The van der Waals surface area contributed by atoms with Gasteiger partial charge in [-0.15, -0.1) is 0 Å². The molecule has 0 aromatic heterocycles. The van der Waals surface area contributed by atoms with Crippen molar-refractivity contribution in [3.05, 3.63) is 33.8 Å². The Balaban J connectivity index is 2.28. The molecular weight excluding hydrogens is 372 g/mol. The highest BCUT2D eigenvalue weighted by Gasteiger charge is 2.42. The lowest BCUT2D eigenvalue weighted by Crippen LogP contribution is -2.53. The molecule has 2 atom stereocenters. The van der Waals surface area contributed by atoms with E-state index in [1.54, 1.807) is 6.07 Å². The highest BCUT2D eigenvalue weighted by Crippen LogP contribution is 2.32. The van der Waals surface area contributed by atoms with Crippen LogP contribution in [0.25, 0.3) is 0 Å². The van der Waals surface area contributed by atoms with Crippen molar-refractivity contribution in [1.82, 2.24) is 10.2 Å². The second-order valence-electron chi connectivity index (χ2n) is 5.38. The molecule has 0 spiro atoms. The minimum absolute atomic E-state index is 0.0238. The molecule has 10 heteroatoms. The standard InChI is InChI=1S/C14H13Cl2F3N2O3/c15-9-2-1-7(5-10(9)16)8-6-21(13(23)24)4-3-11(8)20-12(22)14(17,18)19/h1-2,5,8,11H,3-4,6H2,(H,20,22)(H,23,24). The fourth-order valence-electron chi connectivity index (χ4n) is 2.63. The molecule has 1 saturated heterocycles. The fourth-order valence-corrected chi connectivity index (χ4v) is 2.94. The van der Waals surface area contributed by atoms with Crippen LogP contribution in [-0.2, 0) is 4.79 Å². The van der Waals surface area contributed by atoms with Crippen LogP contribution in [0.4, 0.5) is 18.0 Å². The number of nitrogens with one attached hydrogen (secondary N) is 1. The van der Waals surface area contributed by atoms with Crippen LogP contribution in [0.5, 0.6) is 0 Å². The summed E-state index contributed by atoms with van der Waals surface area (Å²) in [7, 11) is 0. The number of likely N-dealkylation sites (tertiary alicyclic amines) is 1. The molecule has 1 aromatic carbocycles. The van der Waals surface area contributed by atoms with Gasteiger partial charge in [0.2, 0.25) is 0 Å². The molecule has 2 N–H and O–H groups in total. The number of nitrogens with zero attached hydrogens (tertiary/aromatic N) is 1. The zero-order valence-electron chi connectivity index (χ0n) is 12.1. The van der Waals surface area contributed by atoms with E-state index in [2.05, 4.69) is 0 Å². The van der Waals surface area contributed by atoms with Crippen LogP contribution >= 0.6 is 23.2 Å². The summed E-state index contributed by atoms with van der Waals surface area (Å²) in [5, 5.41) is 11.5. The van der Waals surface area contributed by atoms with Crippen LogP contribution in [0.1, 0.15) is 17.9 Å². The SMILES string of the molecule is O=C(O)N1CCC(NC(=O)C(F)(F)F)C(c2ccc(Cl)c(Cl)c2)C1. The average molecular weight is 385 g/mol. The first kappa shape index (κ1) is 18.7. The topological polar surface area (TPSA) is 69.6 Å². The number of benzene rings is 1. The van der Waals surface area contributed by atoms with Crippen LogP contribution in [-0.4, -0.2) is 47.3 Å². The van der Waals surface area contributed by atoms with Crippen molar-refractivity contribution in [2.75, 3.05) is 13.1 Å². The highest BCUT2D eigenvalue weighted by molar-refractivity contribution is 6.42. The van der Waals surface area contributed by atoms with Gasteiger partial charge in [0.1, 0.15) is 0 Å². The Bertz CT molecular complexity index is 655. The smallest absolute Gasteiger partial charge is 0.465 e. The zero-order valence-corrected chi connectivity index (χ0v) is 13.6. The molecule has 1 aliphatic rings. The van der Waals surface area contributed by atoms with Crippen LogP contribution in [0, 0.1) is 0 Å². The number of hydrogen-bond donors (Lipinski definition) is 2. The summed E-state index contributed by atoms with van der Waals surface area (Å²) in [6, 6.07) is 3.62. The van der Waals surface area contributed by atoms with Crippen molar-refractivity contribution < 1.29 is 27.9 Å². The van der Waals surface area contributed by atoms with Crippen molar-refractivity contribution in [2.45, 2.75) is 24.6 Å². The van der Waals surface area contributed by atoms with Gasteiger partial charge in [-0.1, -0.05) is 29.3 Å². The predicted octanol–water partition coefficient (Wildman–Crippen LogP) is 3.51. The molecule has 2 amide bonds. The van der Waals surface area contributed by atoms with E-state index in [9.17, 15) is 22.8 Å². The summed E-state index contributed by atoms with van der Waals surface area (Å²) in [5.74, 6) is -2.72. The Morgan fingerprint density at radius 1 is 1.25 bits per heavy atom. The Morgan fingerprint density at radius 3 is 2.46 bits per heavy atom. The Kier molecular flexibility index (Phi) is 5.49. The van der Waals surface area contributed by atoms with Crippen LogP contribution in [0.15, 0.2) is 18.2 Å². The molecule has 24 heavy (non-hydrogen) atoms.